The third kappa shape index (κ3) is 5.42. The van der Waals surface area contributed by atoms with E-state index in [1.165, 1.54) is 10.6 Å². The second-order valence-corrected chi connectivity index (χ2v) is 10.5. The summed E-state index contributed by atoms with van der Waals surface area (Å²) in [5.74, 6) is -1.38. The van der Waals surface area contributed by atoms with E-state index in [0.717, 1.165) is 16.8 Å². The highest BCUT2D eigenvalue weighted by molar-refractivity contribution is 5.95. The SMILES string of the molecule is NCCNC(=O)c1cccc(-n2c(=O)n(C3CCC(NC(=O)c4cn5ccccc5n4)CC3)c(=O)c3cc(F)cnc32)c1. The molecule has 1 aliphatic carbocycles. The number of amides is 2. The lowest BCUT2D eigenvalue weighted by atomic mass is 9.90. The Hall–Kier alpha value is -5.17. The summed E-state index contributed by atoms with van der Waals surface area (Å²) < 4.78 is 18.4. The molecule has 220 valence electrons. The zero-order chi connectivity index (χ0) is 30.1. The van der Waals surface area contributed by atoms with E-state index < -0.39 is 23.1 Å². The van der Waals surface area contributed by atoms with Crippen LogP contribution in [0.4, 0.5) is 4.39 Å². The number of pyridine rings is 2. The Morgan fingerprint density at radius 3 is 2.60 bits per heavy atom. The van der Waals surface area contributed by atoms with Crippen molar-refractivity contribution in [1.82, 2.24) is 34.1 Å². The summed E-state index contributed by atoms with van der Waals surface area (Å²) >= 11 is 0. The lowest BCUT2D eigenvalue weighted by Gasteiger charge is -2.30. The van der Waals surface area contributed by atoms with E-state index in [1.54, 1.807) is 28.8 Å². The molecule has 13 heteroatoms. The minimum absolute atomic E-state index is 0.0134. The zero-order valence-corrected chi connectivity index (χ0v) is 23.1. The number of fused-ring (bicyclic) bond motifs is 2. The van der Waals surface area contributed by atoms with Gasteiger partial charge in [-0.3, -0.25) is 19.0 Å². The van der Waals surface area contributed by atoms with Crippen molar-refractivity contribution in [2.75, 3.05) is 13.1 Å². The van der Waals surface area contributed by atoms with E-state index in [4.69, 9.17) is 5.73 Å². The normalized spacial score (nSPS) is 16.8. The predicted octanol–water partition coefficient (Wildman–Crippen LogP) is 1.94. The maximum absolute atomic E-state index is 14.3. The molecule has 0 aliphatic heterocycles. The van der Waals surface area contributed by atoms with Crippen LogP contribution in [-0.2, 0) is 0 Å². The molecule has 0 unspecified atom stereocenters. The van der Waals surface area contributed by atoms with Gasteiger partial charge in [0, 0.05) is 43.1 Å². The second-order valence-electron chi connectivity index (χ2n) is 10.5. The number of nitrogens with two attached hydrogens (primary N) is 1. The van der Waals surface area contributed by atoms with E-state index >= 15 is 0 Å². The maximum Gasteiger partial charge on any atom is 0.337 e. The quantitative estimate of drug-likeness (QED) is 0.264. The van der Waals surface area contributed by atoms with Gasteiger partial charge >= 0.3 is 5.69 Å². The molecule has 0 radical (unpaired) electrons. The summed E-state index contributed by atoms with van der Waals surface area (Å²) in [6, 6.07) is 12.2. The van der Waals surface area contributed by atoms with Gasteiger partial charge in [0.2, 0.25) is 0 Å². The molecule has 43 heavy (non-hydrogen) atoms. The molecule has 1 saturated carbocycles. The fourth-order valence-electron chi connectivity index (χ4n) is 5.59. The molecular weight excluding hydrogens is 555 g/mol. The monoisotopic (exact) mass is 584 g/mol. The number of carbonyl (C=O) groups excluding carboxylic acids is 2. The molecule has 1 aromatic carbocycles. The largest absolute Gasteiger partial charge is 0.351 e. The first-order chi connectivity index (χ1) is 20.8. The first kappa shape index (κ1) is 28.0. The molecule has 1 aliphatic rings. The van der Waals surface area contributed by atoms with Gasteiger partial charge in [-0.2, -0.15) is 0 Å². The highest BCUT2D eigenvalue weighted by atomic mass is 19.1. The summed E-state index contributed by atoms with van der Waals surface area (Å²) in [4.78, 5) is 61.5. The zero-order valence-electron chi connectivity index (χ0n) is 23.1. The van der Waals surface area contributed by atoms with Gasteiger partial charge in [0.05, 0.1) is 17.3 Å². The minimum Gasteiger partial charge on any atom is -0.351 e. The van der Waals surface area contributed by atoms with Crippen LogP contribution >= 0.6 is 0 Å². The van der Waals surface area contributed by atoms with Crippen molar-refractivity contribution in [1.29, 1.82) is 0 Å². The Morgan fingerprint density at radius 1 is 1.02 bits per heavy atom. The molecule has 2 amide bonds. The third-order valence-electron chi connectivity index (χ3n) is 7.68. The molecule has 0 saturated heterocycles. The van der Waals surface area contributed by atoms with Gasteiger partial charge in [-0.05, 0) is 62.1 Å². The number of imidazole rings is 1. The summed E-state index contributed by atoms with van der Waals surface area (Å²) in [6.45, 7) is 0.544. The van der Waals surface area contributed by atoms with E-state index in [-0.39, 0.29) is 47.5 Å². The molecule has 4 aromatic heterocycles. The topological polar surface area (TPSA) is 158 Å². The molecule has 6 rings (SSSR count). The third-order valence-corrected chi connectivity index (χ3v) is 7.68. The van der Waals surface area contributed by atoms with E-state index in [9.17, 15) is 23.6 Å². The van der Waals surface area contributed by atoms with Gasteiger partial charge in [0.1, 0.15) is 17.2 Å². The second kappa shape index (κ2) is 11.6. The molecule has 5 aromatic rings. The Bertz CT molecular complexity index is 1940. The molecule has 0 atom stereocenters. The Labute approximate surface area is 244 Å². The van der Waals surface area contributed by atoms with Gasteiger partial charge in [0.25, 0.3) is 17.4 Å². The smallest absolute Gasteiger partial charge is 0.337 e. The number of nitrogens with zero attached hydrogens (tertiary/aromatic N) is 5. The van der Waals surface area contributed by atoms with Crippen LogP contribution in [0.25, 0.3) is 22.4 Å². The molecule has 0 bridgehead atoms. The highest BCUT2D eigenvalue weighted by Gasteiger charge is 2.28. The van der Waals surface area contributed by atoms with Gasteiger partial charge < -0.3 is 20.8 Å². The molecule has 1 fully saturated rings. The average Bonchev–Trinajstić information content (AvgIpc) is 3.46. The van der Waals surface area contributed by atoms with E-state index in [0.29, 0.717) is 42.7 Å². The van der Waals surface area contributed by atoms with Crippen LogP contribution in [-0.4, -0.2) is 54.4 Å². The van der Waals surface area contributed by atoms with Gasteiger partial charge in [0.15, 0.2) is 5.65 Å². The first-order valence-corrected chi connectivity index (χ1v) is 14.0. The fourth-order valence-corrected chi connectivity index (χ4v) is 5.59. The van der Waals surface area contributed by atoms with Gasteiger partial charge in [-0.15, -0.1) is 0 Å². The summed E-state index contributed by atoms with van der Waals surface area (Å²) in [5.41, 5.74) is 5.74. The van der Waals surface area contributed by atoms with Crippen LogP contribution in [0, 0.1) is 5.82 Å². The van der Waals surface area contributed by atoms with Crippen LogP contribution in [0.2, 0.25) is 0 Å². The number of nitrogens with one attached hydrogen (secondary N) is 2. The first-order valence-electron chi connectivity index (χ1n) is 14.0. The maximum atomic E-state index is 14.3. The van der Waals surface area contributed by atoms with E-state index in [1.807, 2.05) is 24.4 Å². The lowest BCUT2D eigenvalue weighted by Crippen LogP contribution is -2.45. The Balaban J connectivity index is 1.29. The van der Waals surface area contributed by atoms with E-state index in [2.05, 4.69) is 20.6 Å². The fraction of sp³-hybridized carbons (Fsp3) is 0.267. The average molecular weight is 585 g/mol. The van der Waals surface area contributed by atoms with Crippen molar-refractivity contribution in [3.63, 3.8) is 0 Å². The number of aromatic nitrogens is 5. The summed E-state index contributed by atoms with van der Waals surface area (Å²) in [7, 11) is 0. The molecule has 4 heterocycles. The number of halogens is 1. The number of carbonyl (C=O) groups is 2. The van der Waals surface area contributed by atoms with Crippen LogP contribution in [0.1, 0.15) is 52.6 Å². The van der Waals surface area contributed by atoms with Gasteiger partial charge in [-0.25, -0.2) is 23.7 Å². The molecule has 0 spiro atoms. The van der Waals surface area contributed by atoms with Crippen molar-refractivity contribution in [3.8, 4) is 5.69 Å². The van der Waals surface area contributed by atoms with Crippen molar-refractivity contribution >= 4 is 28.5 Å². The minimum atomic E-state index is -0.713. The standard InChI is InChI=1S/C30H29FN8O4/c31-19-15-23-26(34-16-19)38(22-5-3-4-18(14-22)27(40)33-12-11-32)30(43)39(29(23)42)21-9-7-20(8-10-21)35-28(41)24-17-37-13-2-1-6-25(37)36-24/h1-6,13-17,20-21H,7-12,32H2,(H,33,40)(H,35,41). The number of rotatable bonds is 7. The molecule has 4 N–H and O–H groups in total. The van der Waals surface area contributed by atoms with Crippen LogP contribution < -0.4 is 27.6 Å². The Kier molecular flexibility index (Phi) is 7.55. The van der Waals surface area contributed by atoms with Crippen molar-refractivity contribution in [3.05, 3.63) is 105 Å². The molecular formula is C30H29FN8O4. The van der Waals surface area contributed by atoms with Crippen molar-refractivity contribution < 1.29 is 14.0 Å². The summed E-state index contributed by atoms with van der Waals surface area (Å²) in [6.07, 6.45) is 6.32. The number of benzene rings is 1. The van der Waals surface area contributed by atoms with Crippen LogP contribution in [0.5, 0.6) is 0 Å². The van der Waals surface area contributed by atoms with Crippen molar-refractivity contribution in [2.45, 2.75) is 37.8 Å². The van der Waals surface area contributed by atoms with Crippen LogP contribution in [0.3, 0.4) is 0 Å². The van der Waals surface area contributed by atoms with Gasteiger partial charge in [-0.1, -0.05) is 12.1 Å². The Morgan fingerprint density at radius 2 is 1.84 bits per heavy atom. The predicted molar refractivity (Wildman–Crippen MR) is 157 cm³/mol. The summed E-state index contributed by atoms with van der Waals surface area (Å²) in [5, 5.41) is 5.64. The highest BCUT2D eigenvalue weighted by Crippen LogP contribution is 2.28. The number of hydrogen-bond donors (Lipinski definition) is 3. The number of hydrogen-bond acceptors (Lipinski definition) is 7. The van der Waals surface area contributed by atoms with Crippen LogP contribution in [0.15, 0.2) is 76.7 Å². The van der Waals surface area contributed by atoms with Crippen molar-refractivity contribution in [2.24, 2.45) is 5.73 Å². The molecule has 12 nitrogen and oxygen atoms in total. The lowest BCUT2D eigenvalue weighted by molar-refractivity contribution is 0.0916.